The van der Waals surface area contributed by atoms with E-state index in [0.29, 0.717) is 22.2 Å². The maximum Gasteiger partial charge on any atom is 0.321 e. The number of hydrogen-bond donors (Lipinski definition) is 1. The molecule has 1 unspecified atom stereocenters. The van der Waals surface area contributed by atoms with Crippen molar-refractivity contribution < 1.29 is 13.2 Å². The van der Waals surface area contributed by atoms with Crippen LogP contribution in [-0.4, -0.2) is 43.9 Å². The van der Waals surface area contributed by atoms with Crippen LogP contribution < -0.4 is 5.32 Å². The van der Waals surface area contributed by atoms with Gasteiger partial charge in [0.2, 0.25) is 0 Å². The maximum atomic E-state index is 12.1. The van der Waals surface area contributed by atoms with Gasteiger partial charge in [0.25, 0.3) is 0 Å². The van der Waals surface area contributed by atoms with E-state index in [-0.39, 0.29) is 17.5 Å². The Hall–Kier alpha value is -0.980. The van der Waals surface area contributed by atoms with Crippen LogP contribution in [0.1, 0.15) is 6.42 Å². The highest BCUT2D eigenvalue weighted by Gasteiger charge is 2.32. The van der Waals surface area contributed by atoms with Gasteiger partial charge in [0.1, 0.15) is 0 Å². The summed E-state index contributed by atoms with van der Waals surface area (Å²) in [7, 11) is -1.45. The molecule has 1 aromatic rings. The van der Waals surface area contributed by atoms with E-state index in [2.05, 4.69) is 5.32 Å². The lowest BCUT2D eigenvalue weighted by Crippen LogP contribution is -2.40. The molecule has 1 heterocycles. The fourth-order valence-electron chi connectivity index (χ4n) is 2.04. The molecule has 0 aliphatic carbocycles. The zero-order valence-electron chi connectivity index (χ0n) is 10.8. The van der Waals surface area contributed by atoms with Crippen molar-refractivity contribution in [1.29, 1.82) is 0 Å². The van der Waals surface area contributed by atoms with E-state index in [9.17, 15) is 13.2 Å². The van der Waals surface area contributed by atoms with Gasteiger partial charge < -0.3 is 10.2 Å². The SMILES string of the molecule is CN(C(=O)Nc1ccc(Cl)cc1Cl)C1CCS(=O)(=O)C1. The van der Waals surface area contributed by atoms with Gasteiger partial charge >= 0.3 is 6.03 Å². The van der Waals surface area contributed by atoms with E-state index in [4.69, 9.17) is 23.2 Å². The summed E-state index contributed by atoms with van der Waals surface area (Å²) in [6.45, 7) is 0. The smallest absolute Gasteiger partial charge is 0.321 e. The second kappa shape index (κ2) is 5.79. The Morgan fingerprint density at radius 1 is 1.40 bits per heavy atom. The van der Waals surface area contributed by atoms with Gasteiger partial charge in [-0.25, -0.2) is 13.2 Å². The molecule has 1 aliphatic rings. The van der Waals surface area contributed by atoms with Gasteiger partial charge in [-0.15, -0.1) is 0 Å². The Kier molecular flexibility index (Phi) is 4.46. The lowest BCUT2D eigenvalue weighted by atomic mass is 10.2. The van der Waals surface area contributed by atoms with Gasteiger partial charge in [0.15, 0.2) is 9.84 Å². The highest BCUT2D eigenvalue weighted by Crippen LogP contribution is 2.26. The zero-order valence-corrected chi connectivity index (χ0v) is 13.1. The van der Waals surface area contributed by atoms with Crippen molar-refractivity contribution in [3.63, 3.8) is 0 Å². The van der Waals surface area contributed by atoms with E-state index < -0.39 is 15.9 Å². The fraction of sp³-hybridized carbons (Fsp3) is 0.417. The number of rotatable bonds is 2. The van der Waals surface area contributed by atoms with Crippen LogP contribution in [0.15, 0.2) is 18.2 Å². The third-order valence-electron chi connectivity index (χ3n) is 3.25. The lowest BCUT2D eigenvalue weighted by Gasteiger charge is -2.24. The molecule has 0 saturated carbocycles. The summed E-state index contributed by atoms with van der Waals surface area (Å²) in [4.78, 5) is 13.5. The van der Waals surface area contributed by atoms with Crippen LogP contribution in [0.5, 0.6) is 0 Å². The molecule has 0 spiro atoms. The highest BCUT2D eigenvalue weighted by molar-refractivity contribution is 7.91. The predicted molar refractivity (Wildman–Crippen MR) is 80.3 cm³/mol. The van der Waals surface area contributed by atoms with Crippen molar-refractivity contribution in [1.82, 2.24) is 4.90 Å². The normalized spacial score (nSPS) is 20.6. The van der Waals surface area contributed by atoms with Gasteiger partial charge in [-0.1, -0.05) is 23.2 Å². The average molecular weight is 337 g/mol. The van der Waals surface area contributed by atoms with Gasteiger partial charge in [-0.05, 0) is 24.6 Å². The second-order valence-corrected chi connectivity index (χ2v) is 7.79. The van der Waals surface area contributed by atoms with Crippen LogP contribution in [0.2, 0.25) is 10.0 Å². The standard InChI is InChI=1S/C12H14Cl2N2O3S/c1-16(9-4-5-20(18,19)7-9)12(17)15-11-3-2-8(13)6-10(11)14/h2-3,6,9H,4-5,7H2,1H3,(H,15,17). The minimum Gasteiger partial charge on any atom is -0.324 e. The molecule has 0 aromatic heterocycles. The number of hydrogen-bond acceptors (Lipinski definition) is 3. The molecule has 1 saturated heterocycles. The quantitative estimate of drug-likeness (QED) is 0.902. The molecular weight excluding hydrogens is 323 g/mol. The summed E-state index contributed by atoms with van der Waals surface area (Å²) in [5, 5.41) is 3.45. The summed E-state index contributed by atoms with van der Waals surface area (Å²) in [6, 6.07) is 4.05. The van der Waals surface area contributed by atoms with Gasteiger partial charge in [0, 0.05) is 18.1 Å². The summed E-state index contributed by atoms with van der Waals surface area (Å²) in [6.07, 6.45) is 0.459. The number of benzene rings is 1. The molecule has 1 N–H and O–H groups in total. The Balaban J connectivity index is 2.05. The van der Waals surface area contributed by atoms with E-state index in [1.807, 2.05) is 0 Å². The van der Waals surface area contributed by atoms with E-state index in [1.54, 1.807) is 19.2 Å². The highest BCUT2D eigenvalue weighted by atomic mass is 35.5. The average Bonchev–Trinajstić information content (AvgIpc) is 2.72. The number of anilines is 1. The number of sulfone groups is 1. The molecule has 1 atom stereocenters. The van der Waals surface area contributed by atoms with Gasteiger partial charge in [-0.2, -0.15) is 0 Å². The van der Waals surface area contributed by atoms with Crippen LogP contribution in [0.4, 0.5) is 10.5 Å². The lowest BCUT2D eigenvalue weighted by molar-refractivity contribution is 0.209. The maximum absolute atomic E-state index is 12.1. The van der Waals surface area contributed by atoms with Gasteiger partial charge in [0.05, 0.1) is 22.2 Å². The number of urea groups is 1. The molecule has 110 valence electrons. The van der Waals surface area contributed by atoms with E-state index in [0.717, 1.165) is 0 Å². The fourth-order valence-corrected chi connectivity index (χ4v) is 4.27. The van der Waals surface area contributed by atoms with Gasteiger partial charge in [-0.3, -0.25) is 0 Å². The molecule has 20 heavy (non-hydrogen) atoms. The first-order chi connectivity index (χ1) is 9.28. The number of carbonyl (C=O) groups excluding carboxylic acids is 1. The third-order valence-corrected chi connectivity index (χ3v) is 5.55. The molecule has 1 fully saturated rings. The topological polar surface area (TPSA) is 66.5 Å². The first-order valence-corrected chi connectivity index (χ1v) is 8.55. The molecule has 8 heteroatoms. The summed E-state index contributed by atoms with van der Waals surface area (Å²) < 4.78 is 22.8. The molecule has 1 aromatic carbocycles. The van der Waals surface area contributed by atoms with Crippen molar-refractivity contribution in [2.75, 3.05) is 23.9 Å². The molecule has 1 aliphatic heterocycles. The number of halogens is 2. The van der Waals surface area contributed by atoms with Crippen molar-refractivity contribution >= 4 is 44.8 Å². The molecule has 0 radical (unpaired) electrons. The molecular formula is C12H14Cl2N2O3S. The minimum atomic E-state index is -3.03. The number of nitrogens with zero attached hydrogens (tertiary/aromatic N) is 1. The van der Waals surface area contributed by atoms with E-state index in [1.165, 1.54) is 11.0 Å². The Morgan fingerprint density at radius 3 is 2.65 bits per heavy atom. The van der Waals surface area contributed by atoms with Crippen molar-refractivity contribution in [3.8, 4) is 0 Å². The molecule has 5 nitrogen and oxygen atoms in total. The summed E-state index contributed by atoms with van der Waals surface area (Å²) in [5.74, 6) is 0.127. The van der Waals surface area contributed by atoms with Crippen LogP contribution in [-0.2, 0) is 9.84 Å². The van der Waals surface area contributed by atoms with Crippen LogP contribution in [0.25, 0.3) is 0 Å². The Morgan fingerprint density at radius 2 is 2.10 bits per heavy atom. The van der Waals surface area contributed by atoms with Crippen molar-refractivity contribution in [2.45, 2.75) is 12.5 Å². The van der Waals surface area contributed by atoms with Crippen molar-refractivity contribution in [3.05, 3.63) is 28.2 Å². The minimum absolute atomic E-state index is 0.00523. The monoisotopic (exact) mass is 336 g/mol. The Bertz CT molecular complexity index is 634. The number of amides is 2. The second-order valence-electron chi connectivity index (χ2n) is 4.72. The zero-order chi connectivity index (χ0) is 14.9. The van der Waals surface area contributed by atoms with Crippen LogP contribution >= 0.6 is 23.2 Å². The number of nitrogens with one attached hydrogen (secondary N) is 1. The Labute approximate surface area is 127 Å². The van der Waals surface area contributed by atoms with Crippen molar-refractivity contribution in [2.24, 2.45) is 0 Å². The summed E-state index contributed by atoms with van der Waals surface area (Å²) in [5.41, 5.74) is 0.439. The van der Waals surface area contributed by atoms with Crippen LogP contribution in [0.3, 0.4) is 0 Å². The molecule has 0 bridgehead atoms. The molecule has 2 amide bonds. The number of carbonyl (C=O) groups is 1. The summed E-state index contributed by atoms with van der Waals surface area (Å²) >= 11 is 11.7. The largest absolute Gasteiger partial charge is 0.324 e. The van der Waals surface area contributed by atoms with Crippen LogP contribution in [0, 0.1) is 0 Å². The molecule has 2 rings (SSSR count). The first-order valence-electron chi connectivity index (χ1n) is 5.98. The van der Waals surface area contributed by atoms with E-state index >= 15 is 0 Å². The predicted octanol–water partition coefficient (Wildman–Crippen LogP) is 2.64. The third kappa shape index (κ3) is 3.56. The first kappa shape index (κ1) is 15.4.